The Hall–Kier alpha value is -1.55. The minimum atomic E-state index is -0.179. The number of ether oxygens (including phenoxy) is 2. The van der Waals surface area contributed by atoms with Crippen LogP contribution in [0.15, 0.2) is 24.3 Å². The Morgan fingerprint density at radius 3 is 2.48 bits per heavy atom. The molecule has 0 atom stereocenters. The first-order valence-corrected chi connectivity index (χ1v) is 7.66. The molecule has 0 aromatic heterocycles. The molecule has 1 saturated carbocycles. The molecule has 0 saturated heterocycles. The molecule has 0 amide bonds. The van der Waals surface area contributed by atoms with Crippen LogP contribution in [0.4, 0.5) is 0 Å². The molecule has 4 nitrogen and oxygen atoms in total. The summed E-state index contributed by atoms with van der Waals surface area (Å²) in [4.78, 5) is 11.1. The maximum absolute atomic E-state index is 11.1. The monoisotopic (exact) mass is 291 g/mol. The minimum absolute atomic E-state index is 0.170. The van der Waals surface area contributed by atoms with Gasteiger partial charge >= 0.3 is 5.97 Å². The number of benzene rings is 1. The van der Waals surface area contributed by atoms with Gasteiger partial charge in [0.15, 0.2) is 0 Å². The van der Waals surface area contributed by atoms with Crippen LogP contribution in [-0.2, 0) is 16.0 Å². The zero-order valence-corrected chi connectivity index (χ0v) is 12.8. The van der Waals surface area contributed by atoms with Crippen molar-refractivity contribution in [2.45, 2.75) is 38.5 Å². The van der Waals surface area contributed by atoms with Crippen molar-refractivity contribution in [2.24, 2.45) is 11.1 Å². The quantitative estimate of drug-likeness (QED) is 0.785. The Morgan fingerprint density at radius 2 is 1.90 bits per heavy atom. The maximum atomic E-state index is 11.1. The number of carbonyl (C=O) groups is 1. The SMILES string of the molecule is COC(=O)CCc1ccc(OCC2(CN)CCCC2)cc1. The zero-order chi connectivity index (χ0) is 15.1. The lowest BCUT2D eigenvalue weighted by molar-refractivity contribution is -0.140. The number of methoxy groups -OCH3 is 1. The van der Waals surface area contributed by atoms with Crippen molar-refractivity contribution in [1.29, 1.82) is 0 Å². The second-order valence-corrected chi connectivity index (χ2v) is 5.92. The molecule has 0 radical (unpaired) electrons. The van der Waals surface area contributed by atoms with E-state index in [1.54, 1.807) is 0 Å². The van der Waals surface area contributed by atoms with Crippen LogP contribution in [0.25, 0.3) is 0 Å². The van der Waals surface area contributed by atoms with Crippen LogP contribution in [-0.4, -0.2) is 26.2 Å². The molecule has 116 valence electrons. The van der Waals surface area contributed by atoms with Gasteiger partial charge in [0.1, 0.15) is 5.75 Å². The lowest BCUT2D eigenvalue weighted by atomic mass is 9.87. The van der Waals surface area contributed by atoms with E-state index in [1.165, 1.54) is 32.8 Å². The molecule has 2 N–H and O–H groups in total. The highest BCUT2D eigenvalue weighted by Crippen LogP contribution is 2.37. The van der Waals surface area contributed by atoms with Crippen LogP contribution in [0.3, 0.4) is 0 Å². The van der Waals surface area contributed by atoms with Crippen molar-refractivity contribution in [1.82, 2.24) is 0 Å². The van der Waals surface area contributed by atoms with E-state index in [9.17, 15) is 4.79 Å². The van der Waals surface area contributed by atoms with Gasteiger partial charge < -0.3 is 15.2 Å². The Balaban J connectivity index is 1.83. The smallest absolute Gasteiger partial charge is 0.305 e. The molecule has 0 bridgehead atoms. The molecule has 0 unspecified atom stereocenters. The van der Waals surface area contributed by atoms with Crippen molar-refractivity contribution in [3.8, 4) is 5.75 Å². The predicted octanol–water partition coefficient (Wildman–Crippen LogP) is 2.69. The van der Waals surface area contributed by atoms with Gasteiger partial charge in [-0.2, -0.15) is 0 Å². The molecule has 4 heteroatoms. The molecule has 1 aliphatic carbocycles. The highest BCUT2D eigenvalue weighted by molar-refractivity contribution is 5.69. The third-order valence-electron chi connectivity index (χ3n) is 4.41. The molecule has 21 heavy (non-hydrogen) atoms. The lowest BCUT2D eigenvalue weighted by Crippen LogP contribution is -2.33. The summed E-state index contributed by atoms with van der Waals surface area (Å²) in [6.07, 6.45) is 5.95. The normalized spacial score (nSPS) is 16.7. The number of rotatable bonds is 7. The number of nitrogens with two attached hydrogens (primary N) is 1. The van der Waals surface area contributed by atoms with Gasteiger partial charge in [-0.05, 0) is 37.0 Å². The largest absolute Gasteiger partial charge is 0.493 e. The van der Waals surface area contributed by atoms with Gasteiger partial charge in [0, 0.05) is 18.4 Å². The van der Waals surface area contributed by atoms with E-state index in [4.69, 9.17) is 10.5 Å². The van der Waals surface area contributed by atoms with Gasteiger partial charge in [0.25, 0.3) is 0 Å². The predicted molar refractivity (Wildman–Crippen MR) is 82.2 cm³/mol. The first kappa shape index (κ1) is 15.8. The fourth-order valence-electron chi connectivity index (χ4n) is 2.87. The Labute approximate surface area is 126 Å². The summed E-state index contributed by atoms with van der Waals surface area (Å²) in [5, 5.41) is 0. The van der Waals surface area contributed by atoms with E-state index in [2.05, 4.69) is 4.74 Å². The summed E-state index contributed by atoms with van der Waals surface area (Å²) in [5.74, 6) is 0.693. The molecule has 1 aromatic rings. The van der Waals surface area contributed by atoms with Crippen molar-refractivity contribution >= 4 is 5.97 Å². The number of hydrogen-bond donors (Lipinski definition) is 1. The number of esters is 1. The molecule has 0 spiro atoms. The first-order valence-electron chi connectivity index (χ1n) is 7.66. The molecule has 1 fully saturated rings. The van der Waals surface area contributed by atoms with Gasteiger partial charge in [-0.25, -0.2) is 0 Å². The molecule has 1 aliphatic rings. The third-order valence-corrected chi connectivity index (χ3v) is 4.41. The van der Waals surface area contributed by atoms with Gasteiger partial charge in [-0.15, -0.1) is 0 Å². The van der Waals surface area contributed by atoms with E-state index in [-0.39, 0.29) is 11.4 Å². The van der Waals surface area contributed by atoms with Crippen molar-refractivity contribution < 1.29 is 14.3 Å². The van der Waals surface area contributed by atoms with E-state index in [0.29, 0.717) is 26.0 Å². The van der Waals surface area contributed by atoms with E-state index >= 15 is 0 Å². The molecule has 0 aliphatic heterocycles. The zero-order valence-electron chi connectivity index (χ0n) is 12.8. The van der Waals surface area contributed by atoms with Crippen LogP contribution in [0, 0.1) is 5.41 Å². The summed E-state index contributed by atoms with van der Waals surface area (Å²) in [6, 6.07) is 7.93. The van der Waals surface area contributed by atoms with Crippen LogP contribution >= 0.6 is 0 Å². The minimum Gasteiger partial charge on any atom is -0.493 e. The Bertz CT molecular complexity index is 450. The molecular formula is C17H25NO3. The maximum Gasteiger partial charge on any atom is 0.305 e. The van der Waals surface area contributed by atoms with Gasteiger partial charge in [-0.3, -0.25) is 4.79 Å². The summed E-state index contributed by atoms with van der Waals surface area (Å²) in [5.41, 5.74) is 7.20. The highest BCUT2D eigenvalue weighted by atomic mass is 16.5. The second-order valence-electron chi connectivity index (χ2n) is 5.92. The van der Waals surface area contributed by atoms with Crippen LogP contribution in [0.2, 0.25) is 0 Å². The van der Waals surface area contributed by atoms with Gasteiger partial charge in [-0.1, -0.05) is 25.0 Å². The van der Waals surface area contributed by atoms with Gasteiger partial charge in [0.2, 0.25) is 0 Å². The topological polar surface area (TPSA) is 61.5 Å². The number of aryl methyl sites for hydroxylation is 1. The fraction of sp³-hybridized carbons (Fsp3) is 0.588. The van der Waals surface area contributed by atoms with Crippen molar-refractivity contribution in [3.63, 3.8) is 0 Å². The van der Waals surface area contributed by atoms with E-state index in [1.807, 2.05) is 24.3 Å². The third kappa shape index (κ3) is 4.46. The van der Waals surface area contributed by atoms with Crippen LogP contribution in [0.1, 0.15) is 37.7 Å². The Morgan fingerprint density at radius 1 is 1.24 bits per heavy atom. The number of carbonyl (C=O) groups excluding carboxylic acids is 1. The second kappa shape index (κ2) is 7.46. The van der Waals surface area contributed by atoms with Gasteiger partial charge in [0.05, 0.1) is 13.7 Å². The average Bonchev–Trinajstić information content (AvgIpc) is 3.01. The van der Waals surface area contributed by atoms with E-state index < -0.39 is 0 Å². The standard InChI is InChI=1S/C17H25NO3/c1-20-16(19)9-6-14-4-7-15(8-5-14)21-13-17(12-18)10-2-3-11-17/h4-5,7-8H,2-3,6,9-13,18H2,1H3. The summed E-state index contributed by atoms with van der Waals surface area (Å²) in [6.45, 7) is 1.40. The number of hydrogen-bond acceptors (Lipinski definition) is 4. The molecule has 0 heterocycles. The first-order chi connectivity index (χ1) is 10.2. The average molecular weight is 291 g/mol. The summed E-state index contributed by atoms with van der Waals surface area (Å²) < 4.78 is 10.6. The molecular weight excluding hydrogens is 266 g/mol. The lowest BCUT2D eigenvalue weighted by Gasteiger charge is -2.27. The molecule has 2 rings (SSSR count). The van der Waals surface area contributed by atoms with Crippen molar-refractivity contribution in [2.75, 3.05) is 20.3 Å². The van der Waals surface area contributed by atoms with Crippen LogP contribution in [0.5, 0.6) is 5.75 Å². The highest BCUT2D eigenvalue weighted by Gasteiger charge is 2.33. The molecule has 1 aromatic carbocycles. The Kier molecular flexibility index (Phi) is 5.62. The van der Waals surface area contributed by atoms with Crippen LogP contribution < -0.4 is 10.5 Å². The summed E-state index contributed by atoms with van der Waals surface area (Å²) >= 11 is 0. The van der Waals surface area contributed by atoms with E-state index in [0.717, 1.165) is 11.3 Å². The summed E-state index contributed by atoms with van der Waals surface area (Å²) in [7, 11) is 1.41. The van der Waals surface area contributed by atoms with Crippen molar-refractivity contribution in [3.05, 3.63) is 29.8 Å². The fourth-order valence-corrected chi connectivity index (χ4v) is 2.87.